The van der Waals surface area contributed by atoms with E-state index in [1.807, 2.05) is 49.4 Å². The number of para-hydroxylation sites is 1. The predicted octanol–water partition coefficient (Wildman–Crippen LogP) is 3.78. The molecule has 0 fully saturated rings. The van der Waals surface area contributed by atoms with Crippen LogP contribution in [-0.4, -0.2) is 18.3 Å². The zero-order chi connectivity index (χ0) is 15.1. The summed E-state index contributed by atoms with van der Waals surface area (Å²) >= 11 is 6.27. The largest absolute Gasteiger partial charge is 0.457 e. The number of hydrogen-bond donors (Lipinski definition) is 2. The van der Waals surface area contributed by atoms with Gasteiger partial charge in [0.25, 0.3) is 0 Å². The Hall–Kier alpha value is -1.55. The van der Waals surface area contributed by atoms with Crippen molar-refractivity contribution in [3.05, 3.63) is 58.6 Å². The van der Waals surface area contributed by atoms with Gasteiger partial charge in [0, 0.05) is 23.7 Å². The molecule has 2 aromatic carbocycles. The van der Waals surface area contributed by atoms with Gasteiger partial charge in [-0.15, -0.1) is 0 Å². The topological polar surface area (TPSA) is 41.5 Å². The SMILES string of the molecule is CCNCc1c(Cl)cccc1Oc1ccccc1CCO. The lowest BCUT2D eigenvalue weighted by atomic mass is 10.1. The van der Waals surface area contributed by atoms with Gasteiger partial charge in [-0.05, 0) is 36.7 Å². The smallest absolute Gasteiger partial charge is 0.133 e. The van der Waals surface area contributed by atoms with Crippen molar-refractivity contribution < 1.29 is 9.84 Å². The Bertz CT molecular complexity index is 587. The van der Waals surface area contributed by atoms with Crippen molar-refractivity contribution in [1.29, 1.82) is 0 Å². The lowest BCUT2D eigenvalue weighted by Gasteiger charge is -2.15. The third-order valence-corrected chi connectivity index (χ3v) is 3.56. The number of halogens is 1. The molecule has 0 spiro atoms. The molecule has 0 aliphatic rings. The van der Waals surface area contributed by atoms with E-state index in [1.54, 1.807) is 0 Å². The molecule has 0 heterocycles. The Morgan fingerprint density at radius 3 is 2.62 bits per heavy atom. The highest BCUT2D eigenvalue weighted by Crippen LogP contribution is 2.32. The number of aliphatic hydroxyl groups excluding tert-OH is 1. The molecule has 2 N–H and O–H groups in total. The van der Waals surface area contributed by atoms with Gasteiger partial charge in [0.2, 0.25) is 0 Å². The molecule has 0 aromatic heterocycles. The highest BCUT2D eigenvalue weighted by Gasteiger charge is 2.10. The summed E-state index contributed by atoms with van der Waals surface area (Å²) in [6.07, 6.45) is 0.569. The molecule has 0 bridgehead atoms. The first kappa shape index (κ1) is 15.8. The van der Waals surface area contributed by atoms with Gasteiger partial charge in [0.05, 0.1) is 0 Å². The summed E-state index contributed by atoms with van der Waals surface area (Å²) in [6.45, 7) is 3.67. The van der Waals surface area contributed by atoms with Crippen molar-refractivity contribution in [1.82, 2.24) is 5.32 Å². The number of benzene rings is 2. The maximum absolute atomic E-state index is 9.14. The van der Waals surface area contributed by atoms with Crippen LogP contribution in [0.5, 0.6) is 11.5 Å². The fourth-order valence-electron chi connectivity index (χ4n) is 2.10. The first-order valence-corrected chi connectivity index (χ1v) is 7.48. The molecule has 0 amide bonds. The molecule has 112 valence electrons. The number of hydrogen-bond acceptors (Lipinski definition) is 3. The van der Waals surface area contributed by atoms with Crippen LogP contribution in [0.1, 0.15) is 18.1 Å². The lowest BCUT2D eigenvalue weighted by Crippen LogP contribution is -2.13. The Morgan fingerprint density at radius 1 is 1.10 bits per heavy atom. The minimum absolute atomic E-state index is 0.0974. The van der Waals surface area contributed by atoms with Gasteiger partial charge >= 0.3 is 0 Å². The Morgan fingerprint density at radius 2 is 1.86 bits per heavy atom. The average molecular weight is 306 g/mol. The molecule has 3 nitrogen and oxygen atoms in total. The van der Waals surface area contributed by atoms with E-state index >= 15 is 0 Å². The molecule has 4 heteroatoms. The number of ether oxygens (including phenoxy) is 1. The van der Waals surface area contributed by atoms with Gasteiger partial charge in [-0.3, -0.25) is 0 Å². The molecule has 0 aliphatic heterocycles. The van der Waals surface area contributed by atoms with Crippen LogP contribution in [0.3, 0.4) is 0 Å². The molecule has 0 atom stereocenters. The maximum atomic E-state index is 9.14. The average Bonchev–Trinajstić information content (AvgIpc) is 2.49. The molecular formula is C17H20ClNO2. The van der Waals surface area contributed by atoms with E-state index in [-0.39, 0.29) is 6.61 Å². The van der Waals surface area contributed by atoms with Crippen molar-refractivity contribution in [2.75, 3.05) is 13.2 Å². The number of rotatable bonds is 7. The first-order chi connectivity index (χ1) is 10.3. The molecular weight excluding hydrogens is 286 g/mol. The summed E-state index contributed by atoms with van der Waals surface area (Å²) in [7, 11) is 0. The van der Waals surface area contributed by atoms with Crippen LogP contribution in [0.25, 0.3) is 0 Å². The standard InChI is InChI=1S/C17H20ClNO2/c1-2-19-12-14-15(18)7-5-9-17(14)21-16-8-4-3-6-13(16)10-11-20/h3-9,19-20H,2,10-12H2,1H3. The zero-order valence-corrected chi connectivity index (χ0v) is 12.9. The van der Waals surface area contributed by atoms with E-state index in [2.05, 4.69) is 5.32 Å². The third kappa shape index (κ3) is 4.21. The minimum Gasteiger partial charge on any atom is -0.457 e. The predicted molar refractivity (Wildman–Crippen MR) is 86.1 cm³/mol. The van der Waals surface area contributed by atoms with E-state index in [4.69, 9.17) is 21.4 Å². The summed E-state index contributed by atoms with van der Waals surface area (Å²) in [4.78, 5) is 0. The molecule has 0 saturated carbocycles. The van der Waals surface area contributed by atoms with Gasteiger partial charge in [-0.1, -0.05) is 42.8 Å². The monoisotopic (exact) mass is 305 g/mol. The summed E-state index contributed by atoms with van der Waals surface area (Å²) in [5.41, 5.74) is 1.93. The normalized spacial score (nSPS) is 10.6. The van der Waals surface area contributed by atoms with Crippen molar-refractivity contribution in [2.45, 2.75) is 19.9 Å². The van der Waals surface area contributed by atoms with Crippen LogP contribution >= 0.6 is 11.6 Å². The van der Waals surface area contributed by atoms with E-state index in [9.17, 15) is 0 Å². The third-order valence-electron chi connectivity index (χ3n) is 3.20. The van der Waals surface area contributed by atoms with E-state index in [0.717, 1.165) is 29.2 Å². The Labute approximate surface area is 130 Å². The summed E-state index contributed by atoms with van der Waals surface area (Å²) in [6, 6.07) is 13.4. The zero-order valence-electron chi connectivity index (χ0n) is 12.1. The highest BCUT2D eigenvalue weighted by molar-refractivity contribution is 6.31. The van der Waals surface area contributed by atoms with Gasteiger partial charge in [-0.25, -0.2) is 0 Å². The molecule has 0 aliphatic carbocycles. The molecule has 21 heavy (non-hydrogen) atoms. The summed E-state index contributed by atoms with van der Waals surface area (Å²) < 4.78 is 6.04. The molecule has 2 aromatic rings. The Balaban J connectivity index is 2.29. The molecule has 2 rings (SSSR count). The lowest BCUT2D eigenvalue weighted by molar-refractivity contribution is 0.298. The summed E-state index contributed by atoms with van der Waals surface area (Å²) in [5.74, 6) is 1.50. The quantitative estimate of drug-likeness (QED) is 0.818. The van der Waals surface area contributed by atoms with Crippen molar-refractivity contribution >= 4 is 11.6 Å². The number of nitrogens with one attached hydrogen (secondary N) is 1. The van der Waals surface area contributed by atoms with Crippen LogP contribution in [0.15, 0.2) is 42.5 Å². The van der Waals surface area contributed by atoms with Crippen LogP contribution in [0, 0.1) is 0 Å². The second kappa shape index (κ2) is 8.03. The fraction of sp³-hybridized carbons (Fsp3) is 0.294. The van der Waals surface area contributed by atoms with E-state index in [1.165, 1.54) is 0 Å². The van der Waals surface area contributed by atoms with Crippen molar-refractivity contribution in [3.8, 4) is 11.5 Å². The number of aliphatic hydroxyl groups is 1. The van der Waals surface area contributed by atoms with Crippen LogP contribution in [0.2, 0.25) is 5.02 Å². The molecule has 0 saturated heterocycles. The maximum Gasteiger partial charge on any atom is 0.133 e. The highest BCUT2D eigenvalue weighted by atomic mass is 35.5. The van der Waals surface area contributed by atoms with Gasteiger partial charge in [0.1, 0.15) is 11.5 Å². The van der Waals surface area contributed by atoms with E-state index < -0.39 is 0 Å². The second-order valence-corrected chi connectivity index (χ2v) is 5.09. The van der Waals surface area contributed by atoms with Crippen LogP contribution in [0.4, 0.5) is 0 Å². The van der Waals surface area contributed by atoms with Gasteiger partial charge in [-0.2, -0.15) is 0 Å². The van der Waals surface area contributed by atoms with Crippen LogP contribution in [-0.2, 0) is 13.0 Å². The molecule has 0 radical (unpaired) electrons. The van der Waals surface area contributed by atoms with Crippen LogP contribution < -0.4 is 10.1 Å². The van der Waals surface area contributed by atoms with E-state index in [0.29, 0.717) is 18.0 Å². The molecule has 0 unspecified atom stereocenters. The van der Waals surface area contributed by atoms with Gasteiger partial charge < -0.3 is 15.2 Å². The fourth-order valence-corrected chi connectivity index (χ4v) is 2.34. The summed E-state index contributed by atoms with van der Waals surface area (Å²) in [5, 5.41) is 13.1. The van der Waals surface area contributed by atoms with Crippen molar-refractivity contribution in [3.63, 3.8) is 0 Å². The Kier molecular flexibility index (Phi) is 6.05. The van der Waals surface area contributed by atoms with Gasteiger partial charge in [0.15, 0.2) is 0 Å². The minimum atomic E-state index is 0.0974. The van der Waals surface area contributed by atoms with Crippen molar-refractivity contribution in [2.24, 2.45) is 0 Å². The first-order valence-electron chi connectivity index (χ1n) is 7.11. The second-order valence-electron chi connectivity index (χ2n) is 4.68.